The summed E-state index contributed by atoms with van der Waals surface area (Å²) < 4.78 is 4.88. The second-order valence-corrected chi connectivity index (χ2v) is 3.09. The van der Waals surface area contributed by atoms with Crippen molar-refractivity contribution in [3.63, 3.8) is 0 Å². The molecule has 0 aromatic heterocycles. The number of carboxylic acids is 2. The highest BCUT2D eigenvalue weighted by Gasteiger charge is 2.16. The Balaban J connectivity index is 2.98. The molecule has 1 unspecified atom stereocenters. The number of hydrogen-bond donors (Lipinski definition) is 3. The molecular formula is C10H10O6. The Morgan fingerprint density at radius 2 is 1.94 bits per heavy atom. The maximum Gasteiger partial charge on any atom is 0.344 e. The van der Waals surface area contributed by atoms with Crippen molar-refractivity contribution < 1.29 is 29.6 Å². The first kappa shape index (κ1) is 11.8. The molecule has 16 heavy (non-hydrogen) atoms. The Morgan fingerprint density at radius 1 is 1.31 bits per heavy atom. The molecule has 1 aromatic rings. The predicted molar refractivity (Wildman–Crippen MR) is 52.8 cm³/mol. The van der Waals surface area contributed by atoms with E-state index in [-0.39, 0.29) is 17.1 Å². The van der Waals surface area contributed by atoms with E-state index in [9.17, 15) is 14.7 Å². The SMILES string of the molecule is CC(Oc1cc(C(=O)O)ccc1O)C(=O)O. The van der Waals surface area contributed by atoms with E-state index in [1.165, 1.54) is 13.0 Å². The van der Waals surface area contributed by atoms with Crippen LogP contribution in [0.4, 0.5) is 0 Å². The highest BCUT2D eigenvalue weighted by Crippen LogP contribution is 2.27. The van der Waals surface area contributed by atoms with Crippen LogP contribution in [0.1, 0.15) is 17.3 Å². The summed E-state index contributed by atoms with van der Waals surface area (Å²) in [4.78, 5) is 21.1. The number of carboxylic acid groups (broad SMARTS) is 2. The lowest BCUT2D eigenvalue weighted by Gasteiger charge is -2.11. The van der Waals surface area contributed by atoms with Crippen molar-refractivity contribution in [1.29, 1.82) is 0 Å². The van der Waals surface area contributed by atoms with Gasteiger partial charge in [0.25, 0.3) is 0 Å². The Labute approximate surface area is 90.7 Å². The fourth-order valence-corrected chi connectivity index (χ4v) is 0.982. The van der Waals surface area contributed by atoms with Gasteiger partial charge in [-0.2, -0.15) is 0 Å². The molecular weight excluding hydrogens is 216 g/mol. The minimum atomic E-state index is -1.21. The largest absolute Gasteiger partial charge is 0.504 e. The monoisotopic (exact) mass is 226 g/mol. The first-order chi connectivity index (χ1) is 7.41. The molecule has 0 bridgehead atoms. The third kappa shape index (κ3) is 2.63. The third-order valence-corrected chi connectivity index (χ3v) is 1.86. The molecule has 0 amide bonds. The Bertz CT molecular complexity index is 425. The van der Waals surface area contributed by atoms with Crippen molar-refractivity contribution in [2.24, 2.45) is 0 Å². The number of aliphatic carboxylic acids is 1. The molecule has 1 aromatic carbocycles. The van der Waals surface area contributed by atoms with Crippen LogP contribution in [0.5, 0.6) is 11.5 Å². The summed E-state index contributed by atoms with van der Waals surface area (Å²) in [7, 11) is 0. The molecule has 1 atom stereocenters. The summed E-state index contributed by atoms with van der Waals surface area (Å²) in [5, 5.41) is 26.6. The molecule has 3 N–H and O–H groups in total. The minimum Gasteiger partial charge on any atom is -0.504 e. The van der Waals surface area contributed by atoms with Crippen molar-refractivity contribution in [3.8, 4) is 11.5 Å². The average Bonchev–Trinajstić information content (AvgIpc) is 2.20. The van der Waals surface area contributed by atoms with Gasteiger partial charge in [0.05, 0.1) is 5.56 Å². The van der Waals surface area contributed by atoms with Crippen molar-refractivity contribution >= 4 is 11.9 Å². The topological polar surface area (TPSA) is 104 Å². The second-order valence-electron chi connectivity index (χ2n) is 3.09. The van der Waals surface area contributed by atoms with Gasteiger partial charge in [0, 0.05) is 0 Å². The van der Waals surface area contributed by atoms with E-state index in [2.05, 4.69) is 0 Å². The van der Waals surface area contributed by atoms with E-state index in [1.807, 2.05) is 0 Å². The van der Waals surface area contributed by atoms with Crippen LogP contribution in [0.2, 0.25) is 0 Å². The first-order valence-electron chi connectivity index (χ1n) is 4.37. The van der Waals surface area contributed by atoms with Gasteiger partial charge in [-0.15, -0.1) is 0 Å². The minimum absolute atomic E-state index is 0.0922. The van der Waals surface area contributed by atoms with Gasteiger partial charge in [-0.1, -0.05) is 0 Å². The number of aromatic carboxylic acids is 1. The Morgan fingerprint density at radius 3 is 2.44 bits per heavy atom. The fraction of sp³-hybridized carbons (Fsp3) is 0.200. The molecule has 0 aliphatic carbocycles. The van der Waals surface area contributed by atoms with Gasteiger partial charge < -0.3 is 20.1 Å². The maximum atomic E-state index is 10.6. The Hall–Kier alpha value is -2.24. The summed E-state index contributed by atoms with van der Waals surface area (Å²) in [6, 6.07) is 3.39. The zero-order chi connectivity index (χ0) is 12.3. The first-order valence-corrected chi connectivity index (χ1v) is 4.37. The molecule has 0 heterocycles. The predicted octanol–water partition coefficient (Wildman–Crippen LogP) is 0.942. The van der Waals surface area contributed by atoms with Crippen LogP contribution < -0.4 is 4.74 Å². The van der Waals surface area contributed by atoms with Gasteiger partial charge >= 0.3 is 11.9 Å². The van der Waals surface area contributed by atoms with Crippen LogP contribution in [0.25, 0.3) is 0 Å². The standard InChI is InChI=1S/C10H10O6/c1-5(9(12)13)16-8-4-6(10(14)15)2-3-7(8)11/h2-5,11H,1H3,(H,12,13)(H,14,15). The molecule has 0 aliphatic rings. The van der Waals surface area contributed by atoms with Crippen molar-refractivity contribution in [2.75, 3.05) is 0 Å². The van der Waals surface area contributed by atoms with Gasteiger partial charge in [-0.05, 0) is 25.1 Å². The molecule has 6 heteroatoms. The van der Waals surface area contributed by atoms with E-state index in [0.29, 0.717) is 0 Å². The quantitative estimate of drug-likeness (QED) is 0.705. The van der Waals surface area contributed by atoms with Gasteiger partial charge in [0.15, 0.2) is 17.6 Å². The highest BCUT2D eigenvalue weighted by molar-refractivity contribution is 5.88. The molecule has 0 saturated carbocycles. The van der Waals surface area contributed by atoms with Crippen LogP contribution in [0, 0.1) is 0 Å². The lowest BCUT2D eigenvalue weighted by Crippen LogP contribution is -2.23. The molecule has 0 saturated heterocycles. The average molecular weight is 226 g/mol. The van der Waals surface area contributed by atoms with Crippen LogP contribution in [0.15, 0.2) is 18.2 Å². The highest BCUT2D eigenvalue weighted by atomic mass is 16.5. The molecule has 0 spiro atoms. The summed E-state index contributed by atoms with van der Waals surface area (Å²) in [5.41, 5.74) is -0.0922. The van der Waals surface area contributed by atoms with Crippen molar-refractivity contribution in [1.82, 2.24) is 0 Å². The molecule has 0 fully saturated rings. The lowest BCUT2D eigenvalue weighted by atomic mass is 10.2. The van der Waals surface area contributed by atoms with Crippen molar-refractivity contribution in [3.05, 3.63) is 23.8 Å². The smallest absolute Gasteiger partial charge is 0.344 e. The number of carbonyl (C=O) groups is 2. The van der Waals surface area contributed by atoms with Crippen LogP contribution in [-0.4, -0.2) is 33.4 Å². The van der Waals surface area contributed by atoms with E-state index in [4.69, 9.17) is 14.9 Å². The fourth-order valence-electron chi connectivity index (χ4n) is 0.982. The van der Waals surface area contributed by atoms with Crippen molar-refractivity contribution in [2.45, 2.75) is 13.0 Å². The van der Waals surface area contributed by atoms with E-state index >= 15 is 0 Å². The zero-order valence-electron chi connectivity index (χ0n) is 8.38. The molecule has 0 radical (unpaired) electrons. The second kappa shape index (κ2) is 4.52. The summed E-state index contributed by atoms with van der Waals surface area (Å²) in [5.74, 6) is -2.87. The summed E-state index contributed by atoms with van der Waals surface area (Å²) in [6.45, 7) is 1.27. The summed E-state index contributed by atoms with van der Waals surface area (Å²) >= 11 is 0. The van der Waals surface area contributed by atoms with Crippen LogP contribution in [-0.2, 0) is 4.79 Å². The van der Waals surface area contributed by atoms with E-state index < -0.39 is 18.0 Å². The third-order valence-electron chi connectivity index (χ3n) is 1.86. The van der Waals surface area contributed by atoms with Gasteiger partial charge in [-0.3, -0.25) is 0 Å². The van der Waals surface area contributed by atoms with Gasteiger partial charge in [-0.25, -0.2) is 9.59 Å². The zero-order valence-corrected chi connectivity index (χ0v) is 8.38. The number of aromatic hydroxyl groups is 1. The number of benzene rings is 1. The molecule has 0 aliphatic heterocycles. The Kier molecular flexibility index (Phi) is 3.34. The normalized spacial score (nSPS) is 11.8. The van der Waals surface area contributed by atoms with Crippen LogP contribution >= 0.6 is 0 Å². The number of rotatable bonds is 4. The van der Waals surface area contributed by atoms with E-state index in [0.717, 1.165) is 12.1 Å². The lowest BCUT2D eigenvalue weighted by molar-refractivity contribution is -0.144. The molecule has 1 rings (SSSR count). The molecule has 6 nitrogen and oxygen atoms in total. The number of hydrogen-bond acceptors (Lipinski definition) is 4. The maximum absolute atomic E-state index is 10.6. The number of phenols is 1. The summed E-state index contributed by atoms with van der Waals surface area (Å²) in [6.07, 6.45) is -1.17. The number of ether oxygens (including phenoxy) is 1. The number of phenolic OH excluding ortho intramolecular Hbond substituents is 1. The molecule has 86 valence electrons. The van der Waals surface area contributed by atoms with Crippen LogP contribution in [0.3, 0.4) is 0 Å². The van der Waals surface area contributed by atoms with Gasteiger partial charge in [0.2, 0.25) is 0 Å². The van der Waals surface area contributed by atoms with E-state index in [1.54, 1.807) is 0 Å². The van der Waals surface area contributed by atoms with Gasteiger partial charge in [0.1, 0.15) is 0 Å².